The first-order valence-electron chi connectivity index (χ1n) is 12.4. The van der Waals surface area contributed by atoms with Crippen molar-refractivity contribution in [3.8, 4) is 11.5 Å². The smallest absolute Gasteiger partial charge is 0.200 e. The van der Waals surface area contributed by atoms with E-state index in [1.807, 2.05) is 37.3 Å². The maximum atomic E-state index is 14.7. The van der Waals surface area contributed by atoms with Crippen LogP contribution < -0.4 is 9.47 Å². The van der Waals surface area contributed by atoms with E-state index in [4.69, 9.17) is 9.47 Å². The molecule has 4 rings (SSSR count). The van der Waals surface area contributed by atoms with Crippen LogP contribution in [-0.2, 0) is 18.4 Å². The van der Waals surface area contributed by atoms with E-state index >= 15 is 0 Å². The highest BCUT2D eigenvalue weighted by Gasteiger charge is 2.35. The molecule has 1 unspecified atom stereocenters. The van der Waals surface area contributed by atoms with E-state index in [1.165, 1.54) is 14.2 Å². The summed E-state index contributed by atoms with van der Waals surface area (Å²) < 4.78 is 83.8. The molecule has 0 bridgehead atoms. The highest BCUT2D eigenvalue weighted by molar-refractivity contribution is 6.03. The van der Waals surface area contributed by atoms with Crippen LogP contribution in [0.4, 0.5) is 22.0 Å². The second kappa shape index (κ2) is 10.4. The lowest BCUT2D eigenvalue weighted by Crippen LogP contribution is -2.34. The van der Waals surface area contributed by atoms with E-state index in [1.54, 1.807) is 10.6 Å². The highest BCUT2D eigenvalue weighted by Crippen LogP contribution is 2.36. The maximum Gasteiger partial charge on any atom is 0.200 e. The van der Waals surface area contributed by atoms with Crippen LogP contribution in [0.1, 0.15) is 61.4 Å². The lowest BCUT2D eigenvalue weighted by molar-refractivity contribution is -0.546. The molecule has 8 heteroatoms. The SMILES string of the molecule is COc1cc2c(cc1OC)C(C(C)c1ccc(C(C)(C)C)cc1)=[N+](Cc1c(F)c(F)c(F)c(F)c1F)CC2. The molecule has 3 aromatic rings. The summed E-state index contributed by atoms with van der Waals surface area (Å²) in [5, 5.41) is 0. The number of benzene rings is 3. The Hall–Kier alpha value is -3.42. The van der Waals surface area contributed by atoms with Gasteiger partial charge in [-0.15, -0.1) is 0 Å². The van der Waals surface area contributed by atoms with Crippen molar-refractivity contribution in [3.05, 3.63) is 93.3 Å². The van der Waals surface area contributed by atoms with Crippen molar-refractivity contribution in [3.63, 3.8) is 0 Å². The summed E-state index contributed by atoms with van der Waals surface area (Å²) in [6.07, 6.45) is 0.476. The number of nitrogens with zero attached hydrogens (tertiary/aromatic N) is 1. The Labute approximate surface area is 219 Å². The van der Waals surface area contributed by atoms with Crippen molar-refractivity contribution < 1.29 is 36.0 Å². The number of ether oxygens (including phenoxy) is 2. The first-order chi connectivity index (χ1) is 17.9. The third-order valence-electron chi connectivity index (χ3n) is 7.21. The van der Waals surface area contributed by atoms with Crippen molar-refractivity contribution >= 4 is 5.71 Å². The molecule has 0 amide bonds. The topological polar surface area (TPSA) is 21.5 Å². The first kappa shape index (κ1) is 27.6. The Bertz CT molecular complexity index is 1380. The van der Waals surface area contributed by atoms with Gasteiger partial charge in [-0.25, -0.2) is 26.5 Å². The Morgan fingerprint density at radius 2 is 1.34 bits per heavy atom. The fraction of sp³-hybridized carbons (Fsp3) is 0.367. The van der Waals surface area contributed by atoms with Crippen molar-refractivity contribution in [2.45, 2.75) is 52.0 Å². The Morgan fingerprint density at radius 1 is 0.816 bits per heavy atom. The number of hydrogen-bond donors (Lipinski definition) is 0. The van der Waals surface area contributed by atoms with Gasteiger partial charge in [-0.1, -0.05) is 45.0 Å². The van der Waals surface area contributed by atoms with Gasteiger partial charge in [0.15, 0.2) is 47.0 Å². The second-order valence-electron chi connectivity index (χ2n) is 10.6. The molecule has 0 fully saturated rings. The van der Waals surface area contributed by atoms with Crippen LogP contribution in [0.2, 0.25) is 0 Å². The third kappa shape index (κ3) is 4.88. The number of halogens is 5. The average molecular weight is 533 g/mol. The number of rotatable bonds is 6. The second-order valence-corrected chi connectivity index (χ2v) is 10.6. The van der Waals surface area contributed by atoms with Gasteiger partial charge in [0.25, 0.3) is 0 Å². The molecule has 0 aliphatic carbocycles. The van der Waals surface area contributed by atoms with Gasteiger partial charge in [0.05, 0.1) is 25.7 Å². The summed E-state index contributed by atoms with van der Waals surface area (Å²) in [5.41, 5.74) is 3.58. The van der Waals surface area contributed by atoms with Crippen LogP contribution in [0.25, 0.3) is 0 Å². The van der Waals surface area contributed by atoms with E-state index in [2.05, 4.69) is 20.8 Å². The fourth-order valence-corrected chi connectivity index (χ4v) is 4.99. The van der Waals surface area contributed by atoms with Gasteiger partial charge in [-0.05, 0) is 41.2 Å². The molecule has 1 atom stereocenters. The molecule has 0 aromatic heterocycles. The average Bonchev–Trinajstić information content (AvgIpc) is 2.91. The molecule has 0 radical (unpaired) electrons. The van der Waals surface area contributed by atoms with Crippen molar-refractivity contribution in [2.75, 3.05) is 20.8 Å². The minimum Gasteiger partial charge on any atom is -0.493 e. The number of hydrogen-bond acceptors (Lipinski definition) is 2. The number of methoxy groups -OCH3 is 2. The molecule has 0 spiro atoms. The predicted molar refractivity (Wildman–Crippen MR) is 136 cm³/mol. The number of fused-ring (bicyclic) bond motifs is 1. The highest BCUT2D eigenvalue weighted by atomic mass is 19.2. The zero-order valence-electron chi connectivity index (χ0n) is 22.3. The molecule has 1 aliphatic rings. The van der Waals surface area contributed by atoms with Gasteiger partial charge in [-0.2, -0.15) is 0 Å². The van der Waals surface area contributed by atoms with Crippen LogP contribution in [0, 0.1) is 29.1 Å². The van der Waals surface area contributed by atoms with Gasteiger partial charge in [0.2, 0.25) is 5.82 Å². The van der Waals surface area contributed by atoms with Crippen molar-refractivity contribution in [2.24, 2.45) is 0 Å². The Balaban J connectivity index is 1.92. The molecule has 3 nitrogen and oxygen atoms in total. The van der Waals surface area contributed by atoms with E-state index < -0.39 is 41.2 Å². The van der Waals surface area contributed by atoms with Crippen LogP contribution in [0.5, 0.6) is 11.5 Å². The zero-order chi connectivity index (χ0) is 27.9. The van der Waals surface area contributed by atoms with Gasteiger partial charge >= 0.3 is 0 Å². The van der Waals surface area contributed by atoms with Crippen molar-refractivity contribution in [1.29, 1.82) is 0 Å². The minimum atomic E-state index is -2.17. The summed E-state index contributed by atoms with van der Waals surface area (Å²) in [5.74, 6) is -8.96. The normalized spacial score (nSPS) is 14.4. The minimum absolute atomic E-state index is 0.0475. The van der Waals surface area contributed by atoms with Gasteiger partial charge in [0.1, 0.15) is 6.54 Å². The van der Waals surface area contributed by atoms with E-state index in [9.17, 15) is 22.0 Å². The maximum absolute atomic E-state index is 14.7. The lowest BCUT2D eigenvalue weighted by Gasteiger charge is -2.25. The summed E-state index contributed by atoms with van der Waals surface area (Å²) in [4.78, 5) is 0. The van der Waals surface area contributed by atoms with Gasteiger partial charge in [-0.3, -0.25) is 0 Å². The summed E-state index contributed by atoms with van der Waals surface area (Å²) in [7, 11) is 3.04. The Morgan fingerprint density at radius 3 is 1.87 bits per heavy atom. The molecule has 38 heavy (non-hydrogen) atoms. The lowest BCUT2D eigenvalue weighted by atomic mass is 9.83. The quantitative estimate of drug-likeness (QED) is 0.147. The molecular formula is C30H31F5NO2+. The standard InChI is InChI=1S/C30H31F5NO2/c1-16(17-7-9-19(10-8-17)30(2,3)4)29-20-14-23(38-6)22(37-5)13-18(20)11-12-36(29)15-21-24(31)26(33)28(35)27(34)25(21)32/h7-10,13-14,16H,11-12,15H2,1-6H3/q+1. The van der Waals surface area contributed by atoms with Gasteiger partial charge < -0.3 is 9.47 Å². The molecule has 1 aliphatic heterocycles. The summed E-state index contributed by atoms with van der Waals surface area (Å²) in [6.45, 7) is 8.12. The van der Waals surface area contributed by atoms with Gasteiger partial charge in [0, 0.05) is 12.0 Å². The fourth-order valence-electron chi connectivity index (χ4n) is 4.99. The third-order valence-corrected chi connectivity index (χ3v) is 7.21. The van der Waals surface area contributed by atoms with Crippen LogP contribution in [0.3, 0.4) is 0 Å². The molecule has 202 valence electrons. The molecule has 0 saturated carbocycles. The van der Waals surface area contributed by atoms with E-state index in [0.717, 1.165) is 22.3 Å². The first-order valence-corrected chi connectivity index (χ1v) is 12.4. The van der Waals surface area contributed by atoms with E-state index in [0.29, 0.717) is 30.2 Å². The summed E-state index contributed by atoms with van der Waals surface area (Å²) >= 11 is 0. The molecule has 0 N–H and O–H groups in total. The molecule has 3 aromatic carbocycles. The zero-order valence-corrected chi connectivity index (χ0v) is 22.3. The van der Waals surface area contributed by atoms with E-state index in [-0.39, 0.29) is 11.3 Å². The Kier molecular flexibility index (Phi) is 7.55. The van der Waals surface area contributed by atoms with Crippen molar-refractivity contribution in [1.82, 2.24) is 0 Å². The molecule has 0 saturated heterocycles. The predicted octanol–water partition coefficient (Wildman–Crippen LogP) is 7.06. The molecular weight excluding hydrogens is 501 g/mol. The van der Waals surface area contributed by atoms with Crippen LogP contribution >= 0.6 is 0 Å². The largest absolute Gasteiger partial charge is 0.493 e. The summed E-state index contributed by atoms with van der Waals surface area (Å²) in [6, 6.07) is 11.7. The monoisotopic (exact) mass is 532 g/mol. The van der Waals surface area contributed by atoms with Crippen LogP contribution in [-0.4, -0.2) is 31.1 Å². The molecule has 1 heterocycles. The van der Waals surface area contributed by atoms with Crippen LogP contribution in [0.15, 0.2) is 36.4 Å².